The molecule has 2 atom stereocenters. The minimum atomic E-state index is -2.41. The molecule has 0 fully saturated rings. The number of halogens is 1. The van der Waals surface area contributed by atoms with E-state index in [1.54, 1.807) is 0 Å². The van der Waals surface area contributed by atoms with Crippen LogP contribution in [0, 0.1) is 0 Å². The highest BCUT2D eigenvalue weighted by atomic mass is 19.2. The molecule has 0 aliphatic carbocycles. The molecular weight excluding hydrogens is 251 g/mol. The fraction of sp³-hybridized carbons (Fsp3) is 0.333. The van der Waals surface area contributed by atoms with E-state index >= 15 is 0 Å². The summed E-state index contributed by atoms with van der Waals surface area (Å²) in [6, 6.07) is 9.26. The summed E-state index contributed by atoms with van der Waals surface area (Å²) in [6.45, 7) is 0. The molecule has 1 aromatic carbocycles. The van der Waals surface area contributed by atoms with E-state index in [-0.39, 0.29) is 11.7 Å². The summed E-state index contributed by atoms with van der Waals surface area (Å²) >= 11 is 0. The molecule has 0 saturated heterocycles. The lowest BCUT2D eigenvalue weighted by atomic mass is 10.2. The summed E-state index contributed by atoms with van der Waals surface area (Å²) in [4.78, 5) is 7.90. The third kappa shape index (κ3) is 2.50. The summed E-state index contributed by atoms with van der Waals surface area (Å²) in [5.41, 5.74) is 6.37. The SMILES string of the molecule is COC1=NC(Nc2ccccc2)N=C(N)C1(F)OC. The van der Waals surface area contributed by atoms with Gasteiger partial charge >= 0.3 is 5.85 Å². The number of hydrogen-bond acceptors (Lipinski definition) is 6. The number of hydrogen-bond donors (Lipinski definition) is 2. The number of nitrogens with zero attached hydrogens (tertiary/aromatic N) is 2. The van der Waals surface area contributed by atoms with Crippen molar-refractivity contribution in [2.75, 3.05) is 19.5 Å². The van der Waals surface area contributed by atoms with E-state index in [4.69, 9.17) is 10.5 Å². The number of para-hydroxylation sites is 1. The van der Waals surface area contributed by atoms with Crippen LogP contribution >= 0.6 is 0 Å². The van der Waals surface area contributed by atoms with E-state index in [9.17, 15) is 4.39 Å². The Morgan fingerprint density at radius 3 is 2.53 bits per heavy atom. The van der Waals surface area contributed by atoms with E-state index < -0.39 is 12.1 Å². The van der Waals surface area contributed by atoms with Crippen LogP contribution in [-0.2, 0) is 9.47 Å². The Hall–Kier alpha value is -2.15. The number of nitrogens with two attached hydrogens (primary N) is 1. The molecule has 0 bridgehead atoms. The summed E-state index contributed by atoms with van der Waals surface area (Å²) < 4.78 is 23.9. The Morgan fingerprint density at radius 2 is 1.95 bits per heavy atom. The second-order valence-electron chi connectivity index (χ2n) is 3.84. The maximum absolute atomic E-state index is 14.3. The summed E-state index contributed by atoms with van der Waals surface area (Å²) in [5, 5.41) is 2.98. The Labute approximate surface area is 110 Å². The van der Waals surface area contributed by atoms with Crippen molar-refractivity contribution in [2.24, 2.45) is 15.7 Å². The van der Waals surface area contributed by atoms with Crippen LogP contribution in [0.4, 0.5) is 10.1 Å². The van der Waals surface area contributed by atoms with Crippen molar-refractivity contribution in [3.8, 4) is 0 Å². The third-order valence-corrected chi connectivity index (χ3v) is 2.65. The fourth-order valence-electron chi connectivity index (χ4n) is 1.67. The third-order valence-electron chi connectivity index (χ3n) is 2.65. The molecule has 19 heavy (non-hydrogen) atoms. The fourth-order valence-corrected chi connectivity index (χ4v) is 1.67. The minimum Gasteiger partial charge on any atom is -0.480 e. The Kier molecular flexibility index (Phi) is 3.66. The van der Waals surface area contributed by atoms with Gasteiger partial charge in [0.15, 0.2) is 5.84 Å². The maximum Gasteiger partial charge on any atom is 0.343 e. The van der Waals surface area contributed by atoms with Gasteiger partial charge in [0.05, 0.1) is 7.11 Å². The van der Waals surface area contributed by atoms with Gasteiger partial charge in [0.2, 0.25) is 6.29 Å². The number of benzene rings is 1. The van der Waals surface area contributed by atoms with Crippen molar-refractivity contribution in [3.63, 3.8) is 0 Å². The number of anilines is 1. The van der Waals surface area contributed by atoms with Gasteiger partial charge in [-0.3, -0.25) is 0 Å². The molecule has 0 spiro atoms. The average Bonchev–Trinajstić information content (AvgIpc) is 2.43. The molecule has 2 rings (SSSR count). The van der Waals surface area contributed by atoms with Crippen LogP contribution in [0.25, 0.3) is 0 Å². The van der Waals surface area contributed by atoms with Crippen molar-refractivity contribution in [2.45, 2.75) is 12.1 Å². The quantitative estimate of drug-likeness (QED) is 0.858. The first kappa shape index (κ1) is 13.3. The van der Waals surface area contributed by atoms with E-state index in [1.165, 1.54) is 14.2 Å². The van der Waals surface area contributed by atoms with Crippen molar-refractivity contribution in [1.29, 1.82) is 0 Å². The second-order valence-corrected chi connectivity index (χ2v) is 3.84. The van der Waals surface area contributed by atoms with Crippen LogP contribution in [0.2, 0.25) is 0 Å². The number of rotatable bonds is 3. The molecule has 0 aromatic heterocycles. The normalized spacial score (nSPS) is 26.4. The average molecular weight is 266 g/mol. The monoisotopic (exact) mass is 266 g/mol. The van der Waals surface area contributed by atoms with Crippen LogP contribution in [0.3, 0.4) is 0 Å². The number of methoxy groups -OCH3 is 2. The highest BCUT2D eigenvalue weighted by molar-refractivity contribution is 6.09. The van der Waals surface area contributed by atoms with Gasteiger partial charge in [-0.25, -0.2) is 9.98 Å². The smallest absolute Gasteiger partial charge is 0.343 e. The first-order valence-corrected chi connectivity index (χ1v) is 5.62. The second kappa shape index (κ2) is 5.23. The van der Waals surface area contributed by atoms with Crippen molar-refractivity contribution >= 4 is 17.4 Å². The summed E-state index contributed by atoms with van der Waals surface area (Å²) in [7, 11) is 2.46. The maximum atomic E-state index is 14.3. The topological polar surface area (TPSA) is 81.2 Å². The largest absolute Gasteiger partial charge is 0.480 e. The molecule has 7 heteroatoms. The van der Waals surface area contributed by atoms with Gasteiger partial charge in [0, 0.05) is 12.8 Å². The van der Waals surface area contributed by atoms with Gasteiger partial charge < -0.3 is 20.5 Å². The molecule has 0 radical (unpaired) electrons. The number of ether oxygens (including phenoxy) is 2. The predicted octanol–water partition coefficient (Wildman–Crippen LogP) is 1.11. The Balaban J connectivity index is 2.23. The highest BCUT2D eigenvalue weighted by Gasteiger charge is 2.46. The van der Waals surface area contributed by atoms with Crippen LogP contribution in [-0.4, -0.2) is 38.1 Å². The first-order chi connectivity index (χ1) is 9.10. The molecule has 102 valence electrons. The van der Waals surface area contributed by atoms with Crippen molar-refractivity contribution in [3.05, 3.63) is 30.3 Å². The Morgan fingerprint density at radius 1 is 1.26 bits per heavy atom. The zero-order valence-corrected chi connectivity index (χ0v) is 10.6. The number of aliphatic imine (C=N–C) groups is 2. The zero-order chi connectivity index (χ0) is 13.9. The molecule has 1 aliphatic heterocycles. The molecule has 1 aliphatic rings. The molecule has 3 N–H and O–H groups in total. The number of nitrogens with one attached hydrogen (secondary N) is 1. The molecule has 1 heterocycles. The van der Waals surface area contributed by atoms with E-state index in [0.29, 0.717) is 0 Å². The van der Waals surface area contributed by atoms with Gasteiger partial charge in [0.1, 0.15) is 0 Å². The lowest BCUT2D eigenvalue weighted by Gasteiger charge is -2.28. The molecule has 1 aromatic rings. The van der Waals surface area contributed by atoms with Gasteiger partial charge in [-0.15, -0.1) is 0 Å². The molecule has 6 nitrogen and oxygen atoms in total. The standard InChI is InChI=1S/C12H15FN4O2/c1-18-10-12(13,19-2)9(14)16-11(17-10)15-8-6-4-3-5-7-8/h3-7,11,15H,1-2H3,(H2,14,16). The Bertz CT molecular complexity index is 506. The zero-order valence-electron chi connectivity index (χ0n) is 10.6. The van der Waals surface area contributed by atoms with Gasteiger partial charge in [-0.1, -0.05) is 18.2 Å². The van der Waals surface area contributed by atoms with Gasteiger partial charge in [0.25, 0.3) is 5.90 Å². The molecule has 2 unspecified atom stereocenters. The highest BCUT2D eigenvalue weighted by Crippen LogP contribution is 2.22. The van der Waals surface area contributed by atoms with Gasteiger partial charge in [-0.05, 0) is 12.1 Å². The van der Waals surface area contributed by atoms with Crippen LogP contribution in [0.15, 0.2) is 40.3 Å². The molecule has 0 saturated carbocycles. The number of alkyl halides is 1. The van der Waals surface area contributed by atoms with E-state index in [1.807, 2.05) is 30.3 Å². The number of amidine groups is 1. The van der Waals surface area contributed by atoms with Crippen molar-refractivity contribution in [1.82, 2.24) is 0 Å². The lowest BCUT2D eigenvalue weighted by Crippen LogP contribution is -2.53. The van der Waals surface area contributed by atoms with E-state index in [0.717, 1.165) is 5.69 Å². The van der Waals surface area contributed by atoms with Crippen molar-refractivity contribution < 1.29 is 13.9 Å². The summed E-state index contributed by atoms with van der Waals surface area (Å²) in [6.07, 6.45) is -0.753. The first-order valence-electron chi connectivity index (χ1n) is 5.62. The van der Waals surface area contributed by atoms with Gasteiger partial charge in [-0.2, -0.15) is 4.39 Å². The summed E-state index contributed by atoms with van der Waals surface area (Å²) in [5.74, 6) is -3.02. The lowest BCUT2D eigenvalue weighted by molar-refractivity contribution is -0.0212. The van der Waals surface area contributed by atoms with E-state index in [2.05, 4.69) is 20.0 Å². The van der Waals surface area contributed by atoms with Crippen LogP contribution < -0.4 is 11.1 Å². The predicted molar refractivity (Wildman–Crippen MR) is 70.8 cm³/mol. The molecular formula is C12H15FN4O2. The van der Waals surface area contributed by atoms with Crippen LogP contribution in [0.5, 0.6) is 0 Å². The van der Waals surface area contributed by atoms with Crippen LogP contribution in [0.1, 0.15) is 0 Å². The molecule has 0 amide bonds. The minimum absolute atomic E-state index is 0.268.